The Hall–Kier alpha value is -0.860. The predicted molar refractivity (Wildman–Crippen MR) is 61.3 cm³/mol. The van der Waals surface area contributed by atoms with Crippen LogP contribution >= 0.6 is 0 Å². The van der Waals surface area contributed by atoms with E-state index in [1.807, 2.05) is 0 Å². The van der Waals surface area contributed by atoms with Gasteiger partial charge in [-0.2, -0.15) is 0 Å². The van der Waals surface area contributed by atoms with E-state index in [0.29, 0.717) is 6.04 Å². The molecule has 0 aromatic heterocycles. The van der Waals surface area contributed by atoms with Gasteiger partial charge in [0, 0.05) is 25.2 Å². The Morgan fingerprint density at radius 1 is 1.20 bits per heavy atom. The second kappa shape index (κ2) is 3.62. The van der Waals surface area contributed by atoms with Crippen LogP contribution in [0.15, 0.2) is 30.3 Å². The fourth-order valence-electron chi connectivity index (χ4n) is 2.83. The van der Waals surface area contributed by atoms with E-state index in [4.69, 9.17) is 5.73 Å². The zero-order valence-corrected chi connectivity index (χ0v) is 8.97. The van der Waals surface area contributed by atoms with Crippen molar-refractivity contribution in [2.75, 3.05) is 6.54 Å². The molecule has 15 heavy (non-hydrogen) atoms. The Kier molecular flexibility index (Phi) is 2.26. The van der Waals surface area contributed by atoms with Crippen molar-refractivity contribution in [2.24, 2.45) is 11.7 Å². The first-order valence-electron chi connectivity index (χ1n) is 5.86. The Balaban J connectivity index is 1.68. The number of piperidine rings is 1. The molecule has 1 aromatic rings. The van der Waals surface area contributed by atoms with Crippen LogP contribution in [-0.4, -0.2) is 23.5 Å². The largest absolute Gasteiger partial charge is 0.327 e. The third-order valence-electron chi connectivity index (χ3n) is 3.66. The molecule has 1 aromatic carbocycles. The van der Waals surface area contributed by atoms with Crippen LogP contribution in [0.1, 0.15) is 18.4 Å². The van der Waals surface area contributed by atoms with Gasteiger partial charge in [-0.25, -0.2) is 0 Å². The molecular weight excluding hydrogens is 184 g/mol. The number of likely N-dealkylation sites (tertiary alicyclic amines) is 1. The van der Waals surface area contributed by atoms with Crippen molar-refractivity contribution < 1.29 is 0 Å². The van der Waals surface area contributed by atoms with Gasteiger partial charge in [-0.3, -0.25) is 4.90 Å². The summed E-state index contributed by atoms with van der Waals surface area (Å²) in [4.78, 5) is 2.56. The fourth-order valence-corrected chi connectivity index (χ4v) is 2.83. The highest BCUT2D eigenvalue weighted by atomic mass is 15.2. The lowest BCUT2D eigenvalue weighted by molar-refractivity contribution is 0.189. The summed E-state index contributed by atoms with van der Waals surface area (Å²) < 4.78 is 0. The monoisotopic (exact) mass is 202 g/mol. The van der Waals surface area contributed by atoms with Crippen LogP contribution in [0.5, 0.6) is 0 Å². The summed E-state index contributed by atoms with van der Waals surface area (Å²) in [6.07, 6.45) is 2.62. The molecule has 3 atom stereocenters. The molecule has 1 aliphatic heterocycles. The summed E-state index contributed by atoms with van der Waals surface area (Å²) in [5.41, 5.74) is 7.47. The standard InChI is InChI=1S/C13H18N2/c14-12-6-11-7-13(11)15(9-12)8-10-4-2-1-3-5-10/h1-5,11-13H,6-9,14H2. The third kappa shape index (κ3) is 1.92. The van der Waals surface area contributed by atoms with Crippen molar-refractivity contribution >= 4 is 0 Å². The molecule has 1 aliphatic carbocycles. The maximum Gasteiger partial charge on any atom is 0.0237 e. The average Bonchev–Trinajstić information content (AvgIpc) is 2.98. The maximum absolute atomic E-state index is 6.05. The molecule has 3 unspecified atom stereocenters. The Morgan fingerprint density at radius 2 is 2.00 bits per heavy atom. The van der Waals surface area contributed by atoms with Crippen LogP contribution < -0.4 is 5.73 Å². The topological polar surface area (TPSA) is 29.3 Å². The van der Waals surface area contributed by atoms with Crippen molar-refractivity contribution in [3.05, 3.63) is 35.9 Å². The Labute approximate surface area is 91.1 Å². The van der Waals surface area contributed by atoms with E-state index in [-0.39, 0.29) is 0 Å². The number of rotatable bonds is 2. The smallest absolute Gasteiger partial charge is 0.0237 e. The van der Waals surface area contributed by atoms with E-state index in [0.717, 1.165) is 25.0 Å². The summed E-state index contributed by atoms with van der Waals surface area (Å²) in [6.45, 7) is 2.16. The summed E-state index contributed by atoms with van der Waals surface area (Å²) in [5, 5.41) is 0. The minimum atomic E-state index is 0.400. The highest BCUT2D eigenvalue weighted by Gasteiger charge is 2.46. The fraction of sp³-hybridized carbons (Fsp3) is 0.538. The summed E-state index contributed by atoms with van der Waals surface area (Å²) in [6, 6.07) is 12.0. The van der Waals surface area contributed by atoms with Gasteiger partial charge >= 0.3 is 0 Å². The lowest BCUT2D eigenvalue weighted by Crippen LogP contribution is -2.43. The minimum absolute atomic E-state index is 0.400. The molecule has 1 saturated carbocycles. The van der Waals surface area contributed by atoms with E-state index in [1.165, 1.54) is 18.4 Å². The van der Waals surface area contributed by atoms with Crippen molar-refractivity contribution in [2.45, 2.75) is 31.5 Å². The van der Waals surface area contributed by atoms with Crippen LogP contribution in [0, 0.1) is 5.92 Å². The molecule has 3 rings (SSSR count). The molecule has 2 nitrogen and oxygen atoms in total. The summed E-state index contributed by atoms with van der Waals surface area (Å²) in [5.74, 6) is 0.900. The van der Waals surface area contributed by atoms with Crippen molar-refractivity contribution in [3.63, 3.8) is 0 Å². The van der Waals surface area contributed by atoms with Gasteiger partial charge in [0.1, 0.15) is 0 Å². The Bertz CT molecular complexity index is 336. The second-order valence-electron chi connectivity index (χ2n) is 4.97. The summed E-state index contributed by atoms with van der Waals surface area (Å²) in [7, 11) is 0. The van der Waals surface area contributed by atoms with Gasteiger partial charge in [-0.15, -0.1) is 0 Å². The first kappa shape index (κ1) is 9.37. The highest BCUT2D eigenvalue weighted by Crippen LogP contribution is 2.43. The maximum atomic E-state index is 6.05. The van der Waals surface area contributed by atoms with Crippen LogP contribution in [0.25, 0.3) is 0 Å². The Morgan fingerprint density at radius 3 is 2.80 bits per heavy atom. The normalized spacial score (nSPS) is 34.9. The molecule has 0 spiro atoms. The van der Waals surface area contributed by atoms with E-state index in [2.05, 4.69) is 35.2 Å². The van der Waals surface area contributed by atoms with Crippen LogP contribution in [0.3, 0.4) is 0 Å². The predicted octanol–water partition coefficient (Wildman–Crippen LogP) is 1.61. The van der Waals surface area contributed by atoms with Crippen LogP contribution in [-0.2, 0) is 6.54 Å². The number of nitrogens with zero attached hydrogens (tertiary/aromatic N) is 1. The third-order valence-corrected chi connectivity index (χ3v) is 3.66. The van der Waals surface area contributed by atoms with Crippen LogP contribution in [0.2, 0.25) is 0 Å². The van der Waals surface area contributed by atoms with Crippen molar-refractivity contribution in [1.82, 2.24) is 4.90 Å². The van der Waals surface area contributed by atoms with Gasteiger partial charge < -0.3 is 5.73 Å². The molecular formula is C13H18N2. The van der Waals surface area contributed by atoms with Gasteiger partial charge in [-0.05, 0) is 24.3 Å². The van der Waals surface area contributed by atoms with Crippen LogP contribution in [0.4, 0.5) is 0 Å². The number of fused-ring (bicyclic) bond motifs is 1. The van der Waals surface area contributed by atoms with Gasteiger partial charge in [0.2, 0.25) is 0 Å². The molecule has 0 radical (unpaired) electrons. The van der Waals surface area contributed by atoms with Crippen molar-refractivity contribution in [3.8, 4) is 0 Å². The van der Waals surface area contributed by atoms with Gasteiger partial charge in [0.05, 0.1) is 0 Å². The zero-order valence-electron chi connectivity index (χ0n) is 8.97. The molecule has 2 heteroatoms. The molecule has 80 valence electrons. The second-order valence-corrected chi connectivity index (χ2v) is 4.97. The van der Waals surface area contributed by atoms with E-state index in [9.17, 15) is 0 Å². The molecule has 1 heterocycles. The molecule has 1 saturated heterocycles. The lowest BCUT2D eigenvalue weighted by Gasteiger charge is -2.30. The molecule has 2 fully saturated rings. The van der Waals surface area contributed by atoms with E-state index < -0.39 is 0 Å². The minimum Gasteiger partial charge on any atom is -0.327 e. The quantitative estimate of drug-likeness (QED) is 0.789. The number of nitrogens with two attached hydrogens (primary N) is 1. The first-order chi connectivity index (χ1) is 7.33. The van der Waals surface area contributed by atoms with E-state index in [1.54, 1.807) is 0 Å². The van der Waals surface area contributed by atoms with Crippen molar-refractivity contribution in [1.29, 1.82) is 0 Å². The summed E-state index contributed by atoms with van der Waals surface area (Å²) >= 11 is 0. The number of hydrogen-bond acceptors (Lipinski definition) is 2. The zero-order chi connectivity index (χ0) is 10.3. The average molecular weight is 202 g/mol. The highest BCUT2D eigenvalue weighted by molar-refractivity contribution is 5.16. The number of benzene rings is 1. The SMILES string of the molecule is NC1CC2CC2N(Cc2ccccc2)C1. The van der Waals surface area contributed by atoms with Gasteiger partial charge in [0.25, 0.3) is 0 Å². The van der Waals surface area contributed by atoms with E-state index >= 15 is 0 Å². The lowest BCUT2D eigenvalue weighted by atomic mass is 10.1. The first-order valence-corrected chi connectivity index (χ1v) is 5.86. The van der Waals surface area contributed by atoms with Gasteiger partial charge in [-0.1, -0.05) is 30.3 Å². The molecule has 2 N–H and O–H groups in total. The van der Waals surface area contributed by atoms with Gasteiger partial charge in [0.15, 0.2) is 0 Å². The number of hydrogen-bond donors (Lipinski definition) is 1. The molecule has 0 bridgehead atoms. The molecule has 0 amide bonds. The molecule has 2 aliphatic rings.